The molecule has 0 aliphatic carbocycles. The minimum Gasteiger partial charge on any atom is -0.385 e. The van der Waals surface area contributed by atoms with Crippen LogP contribution in [-0.2, 0) is 11.2 Å². The summed E-state index contributed by atoms with van der Waals surface area (Å²) < 4.78 is 5.29. The van der Waals surface area contributed by atoms with Gasteiger partial charge in [-0.2, -0.15) is 5.26 Å². The van der Waals surface area contributed by atoms with Gasteiger partial charge in [-0.25, -0.2) is 0 Å². The van der Waals surface area contributed by atoms with Gasteiger partial charge in [-0.1, -0.05) is 6.07 Å². The first kappa shape index (κ1) is 12.9. The van der Waals surface area contributed by atoms with Crippen LogP contribution in [0.5, 0.6) is 0 Å². The Kier molecular flexibility index (Phi) is 3.57. The van der Waals surface area contributed by atoms with E-state index in [1.54, 1.807) is 4.90 Å². The topological polar surface area (TPSA) is 65.4 Å². The van der Waals surface area contributed by atoms with E-state index in [-0.39, 0.29) is 5.91 Å². The number of nitriles is 1. The second-order valence-corrected chi connectivity index (χ2v) is 5.10. The van der Waals surface area contributed by atoms with E-state index >= 15 is 0 Å². The normalized spacial score (nSPS) is 21.6. The minimum absolute atomic E-state index is 0.00843. The van der Waals surface area contributed by atoms with E-state index in [0.717, 1.165) is 36.2 Å². The van der Waals surface area contributed by atoms with Crippen molar-refractivity contribution in [3.63, 3.8) is 0 Å². The summed E-state index contributed by atoms with van der Waals surface area (Å²) in [7, 11) is 0. The summed E-state index contributed by atoms with van der Waals surface area (Å²) in [5, 5.41) is 12.3. The lowest BCUT2D eigenvalue weighted by Crippen LogP contribution is -2.45. The van der Waals surface area contributed by atoms with E-state index in [1.807, 2.05) is 18.2 Å². The van der Waals surface area contributed by atoms with Gasteiger partial charge in [0.05, 0.1) is 19.2 Å². The highest BCUT2D eigenvalue weighted by Gasteiger charge is 2.27. The van der Waals surface area contributed by atoms with Crippen molar-refractivity contribution in [3.8, 4) is 6.07 Å². The maximum absolute atomic E-state index is 12.7. The Morgan fingerprint density at radius 2 is 2.40 bits per heavy atom. The highest BCUT2D eigenvalue weighted by molar-refractivity contribution is 5.97. The van der Waals surface area contributed by atoms with Crippen LogP contribution in [0.25, 0.3) is 0 Å². The number of rotatable bonds is 1. The Labute approximate surface area is 118 Å². The summed E-state index contributed by atoms with van der Waals surface area (Å²) >= 11 is 0. The SMILES string of the molecule is N#CC1CN(C(=O)c2cccc3c2CCCN3)CCO1. The average Bonchev–Trinajstić information content (AvgIpc) is 2.53. The van der Waals surface area contributed by atoms with Crippen LogP contribution < -0.4 is 5.32 Å². The van der Waals surface area contributed by atoms with Crippen molar-refractivity contribution in [2.24, 2.45) is 0 Å². The molecule has 2 aliphatic heterocycles. The summed E-state index contributed by atoms with van der Waals surface area (Å²) in [6, 6.07) is 7.88. The van der Waals surface area contributed by atoms with Gasteiger partial charge in [-0.3, -0.25) is 4.79 Å². The van der Waals surface area contributed by atoms with E-state index in [1.165, 1.54) is 0 Å². The molecule has 1 fully saturated rings. The third-order valence-electron chi connectivity index (χ3n) is 3.82. The predicted molar refractivity (Wildman–Crippen MR) is 74.5 cm³/mol. The number of morpholine rings is 1. The quantitative estimate of drug-likeness (QED) is 0.838. The van der Waals surface area contributed by atoms with Crippen molar-refractivity contribution in [3.05, 3.63) is 29.3 Å². The van der Waals surface area contributed by atoms with E-state index in [0.29, 0.717) is 19.7 Å². The van der Waals surface area contributed by atoms with Crippen LogP contribution in [0.3, 0.4) is 0 Å². The van der Waals surface area contributed by atoms with Crippen molar-refractivity contribution >= 4 is 11.6 Å². The van der Waals surface area contributed by atoms with E-state index < -0.39 is 6.10 Å². The second-order valence-electron chi connectivity index (χ2n) is 5.10. The monoisotopic (exact) mass is 271 g/mol. The fourth-order valence-electron chi connectivity index (χ4n) is 2.79. The number of hydrogen-bond donors (Lipinski definition) is 1. The molecule has 3 rings (SSSR count). The van der Waals surface area contributed by atoms with Crippen LogP contribution in [0.4, 0.5) is 5.69 Å². The summed E-state index contributed by atoms with van der Waals surface area (Å²) in [4.78, 5) is 14.4. The molecule has 2 heterocycles. The Morgan fingerprint density at radius 3 is 3.25 bits per heavy atom. The van der Waals surface area contributed by atoms with Gasteiger partial charge in [-0.05, 0) is 30.5 Å². The molecule has 1 atom stereocenters. The van der Waals surface area contributed by atoms with Gasteiger partial charge in [0.2, 0.25) is 0 Å². The number of nitrogens with zero attached hydrogens (tertiary/aromatic N) is 2. The number of benzene rings is 1. The fourth-order valence-corrected chi connectivity index (χ4v) is 2.79. The Morgan fingerprint density at radius 1 is 1.50 bits per heavy atom. The zero-order chi connectivity index (χ0) is 13.9. The van der Waals surface area contributed by atoms with Crippen molar-refractivity contribution in [2.45, 2.75) is 18.9 Å². The lowest BCUT2D eigenvalue weighted by atomic mass is 9.96. The van der Waals surface area contributed by atoms with Gasteiger partial charge in [-0.15, -0.1) is 0 Å². The molecule has 1 N–H and O–H groups in total. The fraction of sp³-hybridized carbons (Fsp3) is 0.467. The molecule has 1 unspecified atom stereocenters. The lowest BCUT2D eigenvalue weighted by molar-refractivity contribution is 0.00341. The minimum atomic E-state index is -0.509. The van der Waals surface area contributed by atoms with Crippen LogP contribution in [0.15, 0.2) is 18.2 Å². The van der Waals surface area contributed by atoms with Crippen molar-refractivity contribution in [1.29, 1.82) is 5.26 Å². The molecule has 0 radical (unpaired) electrons. The maximum atomic E-state index is 12.7. The summed E-state index contributed by atoms with van der Waals surface area (Å²) in [5.41, 5.74) is 2.92. The van der Waals surface area contributed by atoms with Crippen LogP contribution in [0.1, 0.15) is 22.3 Å². The van der Waals surface area contributed by atoms with Gasteiger partial charge in [0.25, 0.3) is 5.91 Å². The Bertz CT molecular complexity index is 565. The number of nitrogens with one attached hydrogen (secondary N) is 1. The summed E-state index contributed by atoms with van der Waals surface area (Å²) in [5.74, 6) is 0.00843. The van der Waals surface area contributed by atoms with Gasteiger partial charge >= 0.3 is 0 Å². The third kappa shape index (κ3) is 2.35. The molecule has 5 heteroatoms. The molecule has 1 aromatic rings. The Hall–Kier alpha value is -2.06. The molecule has 2 aliphatic rings. The van der Waals surface area contributed by atoms with E-state index in [2.05, 4.69) is 11.4 Å². The standard InChI is InChI=1S/C15H17N3O2/c16-9-11-10-18(7-8-20-11)15(19)13-3-1-5-14-12(13)4-2-6-17-14/h1,3,5,11,17H,2,4,6-8,10H2. The molecule has 1 saturated heterocycles. The first-order valence-electron chi connectivity index (χ1n) is 6.96. The van der Waals surface area contributed by atoms with E-state index in [4.69, 9.17) is 10.00 Å². The molecule has 0 saturated carbocycles. The highest BCUT2D eigenvalue weighted by atomic mass is 16.5. The van der Waals surface area contributed by atoms with Gasteiger partial charge in [0.1, 0.15) is 0 Å². The largest absolute Gasteiger partial charge is 0.385 e. The van der Waals surface area contributed by atoms with Crippen molar-refractivity contribution < 1.29 is 9.53 Å². The van der Waals surface area contributed by atoms with Crippen LogP contribution in [0.2, 0.25) is 0 Å². The average molecular weight is 271 g/mol. The third-order valence-corrected chi connectivity index (χ3v) is 3.82. The lowest BCUT2D eigenvalue weighted by Gasteiger charge is -2.31. The number of hydrogen-bond acceptors (Lipinski definition) is 4. The maximum Gasteiger partial charge on any atom is 0.254 e. The number of carbonyl (C=O) groups excluding carboxylic acids is 1. The zero-order valence-electron chi connectivity index (χ0n) is 11.3. The first-order chi connectivity index (χ1) is 9.79. The smallest absolute Gasteiger partial charge is 0.254 e. The molecule has 0 bridgehead atoms. The molecule has 0 aromatic heterocycles. The Balaban J connectivity index is 1.86. The molecule has 104 valence electrons. The molecular weight excluding hydrogens is 254 g/mol. The number of amides is 1. The molecular formula is C15H17N3O2. The van der Waals surface area contributed by atoms with E-state index in [9.17, 15) is 4.79 Å². The zero-order valence-corrected chi connectivity index (χ0v) is 11.3. The molecule has 1 amide bonds. The van der Waals surface area contributed by atoms with Gasteiger partial charge in [0.15, 0.2) is 6.10 Å². The van der Waals surface area contributed by atoms with Gasteiger partial charge in [0, 0.05) is 24.3 Å². The highest BCUT2D eigenvalue weighted by Crippen LogP contribution is 2.26. The molecule has 5 nitrogen and oxygen atoms in total. The second kappa shape index (κ2) is 5.51. The number of fused-ring (bicyclic) bond motifs is 1. The molecule has 20 heavy (non-hydrogen) atoms. The van der Waals surface area contributed by atoms with Crippen LogP contribution in [0, 0.1) is 11.3 Å². The predicted octanol–water partition coefficient (Wildman–Crippen LogP) is 1.41. The molecule has 1 aromatic carbocycles. The number of anilines is 1. The van der Waals surface area contributed by atoms with Crippen molar-refractivity contribution in [1.82, 2.24) is 4.90 Å². The molecule has 0 spiro atoms. The number of ether oxygens (including phenoxy) is 1. The number of carbonyl (C=O) groups is 1. The van der Waals surface area contributed by atoms with Crippen LogP contribution in [-0.4, -0.2) is 43.2 Å². The van der Waals surface area contributed by atoms with Crippen LogP contribution >= 0.6 is 0 Å². The summed E-state index contributed by atoms with van der Waals surface area (Å²) in [6.45, 7) is 2.29. The van der Waals surface area contributed by atoms with Crippen molar-refractivity contribution in [2.75, 3.05) is 31.6 Å². The van der Waals surface area contributed by atoms with Gasteiger partial charge < -0.3 is 15.0 Å². The first-order valence-corrected chi connectivity index (χ1v) is 6.96. The summed E-state index contributed by atoms with van der Waals surface area (Å²) in [6.07, 6.45) is 1.46.